The smallest absolute Gasteiger partial charge is 0.270 e. The van der Waals surface area contributed by atoms with E-state index in [4.69, 9.17) is 0 Å². The largest absolute Gasteiger partial charge is 0.346 e. The van der Waals surface area contributed by atoms with E-state index in [1.165, 1.54) is 35.1 Å². The number of aromatic nitrogens is 1. The first-order valence-corrected chi connectivity index (χ1v) is 8.45. The molecule has 3 rings (SSSR count). The molecule has 0 aliphatic heterocycles. The first kappa shape index (κ1) is 16.8. The number of nitrogens with one attached hydrogen (secondary N) is 1. The van der Waals surface area contributed by atoms with Crippen LogP contribution in [-0.2, 0) is 6.54 Å². The SMILES string of the molecule is Cc1ccc(-c2nc(CNC(=O)c3cccc([N+](=O)[O-])c3)cs2)cc1. The van der Waals surface area contributed by atoms with Gasteiger partial charge in [-0.25, -0.2) is 4.98 Å². The van der Waals surface area contributed by atoms with Crippen molar-refractivity contribution in [1.29, 1.82) is 0 Å². The summed E-state index contributed by atoms with van der Waals surface area (Å²) in [5.41, 5.74) is 3.11. The zero-order valence-electron chi connectivity index (χ0n) is 13.4. The molecule has 126 valence electrons. The lowest BCUT2D eigenvalue weighted by Gasteiger charge is -2.03. The zero-order chi connectivity index (χ0) is 17.8. The molecular formula is C18H15N3O3S. The van der Waals surface area contributed by atoms with Gasteiger partial charge >= 0.3 is 0 Å². The van der Waals surface area contributed by atoms with Crippen molar-refractivity contribution in [2.24, 2.45) is 0 Å². The molecule has 1 N–H and O–H groups in total. The second-order valence-corrected chi connectivity index (χ2v) is 6.36. The van der Waals surface area contributed by atoms with E-state index in [0.29, 0.717) is 0 Å². The Hall–Kier alpha value is -3.06. The standard InChI is InChI=1S/C18H15N3O3S/c1-12-5-7-13(8-6-12)18-20-15(11-25-18)10-19-17(22)14-3-2-4-16(9-14)21(23)24/h2-9,11H,10H2,1H3,(H,19,22). The highest BCUT2D eigenvalue weighted by Crippen LogP contribution is 2.24. The van der Waals surface area contributed by atoms with Crippen LogP contribution in [0.25, 0.3) is 10.6 Å². The molecule has 6 nitrogen and oxygen atoms in total. The summed E-state index contributed by atoms with van der Waals surface area (Å²) < 4.78 is 0. The van der Waals surface area contributed by atoms with Gasteiger partial charge in [0.25, 0.3) is 11.6 Å². The number of nitro benzene ring substituents is 1. The minimum atomic E-state index is -0.523. The van der Waals surface area contributed by atoms with Crippen LogP contribution in [0.3, 0.4) is 0 Å². The van der Waals surface area contributed by atoms with E-state index in [-0.39, 0.29) is 23.7 Å². The molecule has 3 aromatic rings. The molecular weight excluding hydrogens is 338 g/mol. The summed E-state index contributed by atoms with van der Waals surface area (Å²) in [6.45, 7) is 2.30. The Morgan fingerprint density at radius 3 is 2.72 bits per heavy atom. The van der Waals surface area contributed by atoms with Crippen molar-refractivity contribution in [2.75, 3.05) is 0 Å². The van der Waals surface area contributed by atoms with Crippen LogP contribution in [0.4, 0.5) is 5.69 Å². The third-order valence-electron chi connectivity index (χ3n) is 3.60. The molecule has 7 heteroatoms. The molecule has 0 unspecified atom stereocenters. The van der Waals surface area contributed by atoms with Gasteiger partial charge in [0.05, 0.1) is 17.2 Å². The maximum absolute atomic E-state index is 12.1. The van der Waals surface area contributed by atoms with Gasteiger partial charge in [0.15, 0.2) is 0 Å². The van der Waals surface area contributed by atoms with Gasteiger partial charge in [0.1, 0.15) is 5.01 Å². The molecule has 1 heterocycles. The van der Waals surface area contributed by atoms with Crippen molar-refractivity contribution >= 4 is 22.9 Å². The number of amides is 1. The number of hydrogen-bond acceptors (Lipinski definition) is 5. The second-order valence-electron chi connectivity index (χ2n) is 5.50. The molecule has 0 fully saturated rings. The lowest BCUT2D eigenvalue weighted by molar-refractivity contribution is -0.384. The second kappa shape index (κ2) is 7.23. The Morgan fingerprint density at radius 1 is 1.24 bits per heavy atom. The summed E-state index contributed by atoms with van der Waals surface area (Å²) in [7, 11) is 0. The van der Waals surface area contributed by atoms with Crippen LogP contribution in [0.2, 0.25) is 0 Å². The number of benzene rings is 2. The van der Waals surface area contributed by atoms with Gasteiger partial charge in [-0.15, -0.1) is 11.3 Å². The van der Waals surface area contributed by atoms with Crippen molar-refractivity contribution in [1.82, 2.24) is 10.3 Å². The summed E-state index contributed by atoms with van der Waals surface area (Å²) in [6, 6.07) is 13.7. The number of rotatable bonds is 5. The fourth-order valence-corrected chi connectivity index (χ4v) is 3.08. The van der Waals surface area contributed by atoms with Gasteiger partial charge in [0.2, 0.25) is 0 Å². The number of nitro groups is 1. The minimum absolute atomic E-state index is 0.108. The van der Waals surface area contributed by atoms with Crippen LogP contribution in [0.5, 0.6) is 0 Å². The Labute approximate surface area is 148 Å². The van der Waals surface area contributed by atoms with Crippen LogP contribution in [0.15, 0.2) is 53.9 Å². The van der Waals surface area contributed by atoms with Gasteiger partial charge in [-0.3, -0.25) is 14.9 Å². The van der Waals surface area contributed by atoms with Crippen molar-refractivity contribution in [3.8, 4) is 10.6 Å². The molecule has 0 saturated carbocycles. The maximum atomic E-state index is 12.1. The quantitative estimate of drug-likeness (QED) is 0.556. The van der Waals surface area contributed by atoms with Gasteiger partial charge < -0.3 is 5.32 Å². The van der Waals surface area contributed by atoms with Crippen molar-refractivity contribution < 1.29 is 9.72 Å². The Balaban J connectivity index is 1.66. The normalized spacial score (nSPS) is 10.4. The van der Waals surface area contributed by atoms with E-state index >= 15 is 0 Å². The van der Waals surface area contributed by atoms with Crippen LogP contribution in [-0.4, -0.2) is 15.8 Å². The summed E-state index contributed by atoms with van der Waals surface area (Å²) >= 11 is 1.51. The van der Waals surface area contributed by atoms with Gasteiger partial charge in [-0.1, -0.05) is 35.9 Å². The molecule has 0 atom stereocenters. The van der Waals surface area contributed by atoms with Crippen LogP contribution < -0.4 is 5.32 Å². The lowest BCUT2D eigenvalue weighted by atomic mass is 10.2. The summed E-state index contributed by atoms with van der Waals surface area (Å²) in [4.78, 5) is 26.9. The monoisotopic (exact) mass is 353 g/mol. The minimum Gasteiger partial charge on any atom is -0.346 e. The lowest BCUT2D eigenvalue weighted by Crippen LogP contribution is -2.22. The molecule has 2 aromatic carbocycles. The third kappa shape index (κ3) is 4.07. The molecule has 1 amide bonds. The predicted molar refractivity (Wildman–Crippen MR) is 96.6 cm³/mol. The zero-order valence-corrected chi connectivity index (χ0v) is 14.2. The topological polar surface area (TPSA) is 85.1 Å². The van der Waals surface area contributed by atoms with E-state index in [1.54, 1.807) is 6.07 Å². The molecule has 0 radical (unpaired) electrons. The number of thiazole rings is 1. The number of nitrogens with zero attached hydrogens (tertiary/aromatic N) is 2. The molecule has 25 heavy (non-hydrogen) atoms. The average molecular weight is 353 g/mol. The molecule has 0 bridgehead atoms. The summed E-state index contributed by atoms with van der Waals surface area (Å²) in [5, 5.41) is 16.3. The van der Waals surface area contributed by atoms with E-state index in [2.05, 4.69) is 10.3 Å². The highest BCUT2D eigenvalue weighted by molar-refractivity contribution is 7.13. The number of non-ortho nitro benzene ring substituents is 1. The van der Waals surface area contributed by atoms with Crippen molar-refractivity contribution in [3.05, 3.63) is 80.8 Å². The van der Waals surface area contributed by atoms with E-state index < -0.39 is 4.92 Å². The van der Waals surface area contributed by atoms with E-state index in [1.807, 2.05) is 36.6 Å². The van der Waals surface area contributed by atoms with E-state index in [0.717, 1.165) is 16.3 Å². The third-order valence-corrected chi connectivity index (χ3v) is 4.54. The average Bonchev–Trinajstić information content (AvgIpc) is 3.09. The van der Waals surface area contributed by atoms with Crippen LogP contribution in [0, 0.1) is 17.0 Å². The van der Waals surface area contributed by atoms with Gasteiger partial charge in [0, 0.05) is 28.6 Å². The first-order chi connectivity index (χ1) is 12.0. The number of carbonyl (C=O) groups is 1. The highest BCUT2D eigenvalue weighted by atomic mass is 32.1. The Morgan fingerprint density at radius 2 is 2.00 bits per heavy atom. The Bertz CT molecular complexity index is 919. The predicted octanol–water partition coefficient (Wildman–Crippen LogP) is 3.96. The maximum Gasteiger partial charge on any atom is 0.270 e. The van der Waals surface area contributed by atoms with Crippen molar-refractivity contribution in [2.45, 2.75) is 13.5 Å². The van der Waals surface area contributed by atoms with Crippen LogP contribution >= 0.6 is 11.3 Å². The van der Waals surface area contributed by atoms with Gasteiger partial charge in [-0.05, 0) is 13.0 Å². The van der Waals surface area contributed by atoms with Crippen molar-refractivity contribution in [3.63, 3.8) is 0 Å². The number of carbonyl (C=O) groups excluding carboxylic acids is 1. The molecule has 1 aromatic heterocycles. The molecule has 0 spiro atoms. The fraction of sp³-hybridized carbons (Fsp3) is 0.111. The number of aryl methyl sites for hydroxylation is 1. The molecule has 0 aliphatic rings. The number of hydrogen-bond donors (Lipinski definition) is 1. The molecule has 0 saturated heterocycles. The summed E-state index contributed by atoms with van der Waals surface area (Å²) in [6.07, 6.45) is 0. The van der Waals surface area contributed by atoms with Gasteiger partial charge in [-0.2, -0.15) is 0 Å². The highest BCUT2D eigenvalue weighted by Gasteiger charge is 2.12. The Kier molecular flexibility index (Phi) is 4.85. The molecule has 0 aliphatic carbocycles. The first-order valence-electron chi connectivity index (χ1n) is 7.57. The van der Waals surface area contributed by atoms with E-state index in [9.17, 15) is 14.9 Å². The van der Waals surface area contributed by atoms with Crippen LogP contribution in [0.1, 0.15) is 21.6 Å². The fourth-order valence-electron chi connectivity index (χ4n) is 2.25. The summed E-state index contributed by atoms with van der Waals surface area (Å²) in [5.74, 6) is -0.367.